The van der Waals surface area contributed by atoms with E-state index in [-0.39, 0.29) is 11.7 Å². The molecule has 2 rings (SSSR count). The lowest BCUT2D eigenvalue weighted by Crippen LogP contribution is -2.52. The molecule has 1 fully saturated rings. The molecule has 108 valence electrons. The zero-order valence-electron chi connectivity index (χ0n) is 12.4. The molecule has 1 unspecified atom stereocenters. The minimum absolute atomic E-state index is 0.109. The first kappa shape index (κ1) is 14.8. The third-order valence-electron chi connectivity index (χ3n) is 3.31. The van der Waals surface area contributed by atoms with Gasteiger partial charge in [0.15, 0.2) is 0 Å². The number of benzene rings is 1. The van der Waals surface area contributed by atoms with Crippen molar-refractivity contribution in [3.63, 3.8) is 0 Å². The summed E-state index contributed by atoms with van der Waals surface area (Å²) >= 11 is 0. The Hall–Kier alpha value is -1.57. The maximum atomic E-state index is 9.01. The lowest BCUT2D eigenvalue weighted by Gasteiger charge is -2.41. The molecule has 0 bridgehead atoms. The molecule has 20 heavy (non-hydrogen) atoms. The van der Waals surface area contributed by atoms with E-state index >= 15 is 0 Å². The lowest BCUT2D eigenvalue weighted by molar-refractivity contribution is -0.129. The van der Waals surface area contributed by atoms with E-state index in [2.05, 4.69) is 31.7 Å². The Bertz CT molecular complexity index is 493. The van der Waals surface area contributed by atoms with Gasteiger partial charge in [-0.2, -0.15) is 5.26 Å². The van der Waals surface area contributed by atoms with E-state index in [1.807, 2.05) is 18.2 Å². The molecule has 1 saturated heterocycles. The summed E-state index contributed by atoms with van der Waals surface area (Å²) in [4.78, 5) is 2.35. The van der Waals surface area contributed by atoms with Crippen LogP contribution in [0.1, 0.15) is 26.3 Å². The predicted molar refractivity (Wildman–Crippen MR) is 77.7 cm³/mol. The fraction of sp³-hybridized carbons (Fsp3) is 0.562. The van der Waals surface area contributed by atoms with E-state index in [9.17, 15) is 0 Å². The van der Waals surface area contributed by atoms with Crippen molar-refractivity contribution in [1.82, 2.24) is 4.90 Å². The number of hydrogen-bond donors (Lipinski definition) is 0. The van der Waals surface area contributed by atoms with Gasteiger partial charge in [-0.25, -0.2) is 0 Å². The van der Waals surface area contributed by atoms with Crippen LogP contribution in [-0.2, 0) is 4.74 Å². The fourth-order valence-corrected chi connectivity index (χ4v) is 2.73. The minimum Gasteiger partial charge on any atom is -0.491 e. The van der Waals surface area contributed by atoms with Gasteiger partial charge in [0.2, 0.25) is 0 Å². The van der Waals surface area contributed by atoms with Crippen LogP contribution in [0.2, 0.25) is 0 Å². The van der Waals surface area contributed by atoms with E-state index < -0.39 is 0 Å². The van der Waals surface area contributed by atoms with Crippen LogP contribution in [0.5, 0.6) is 5.75 Å². The van der Waals surface area contributed by atoms with Crippen molar-refractivity contribution in [2.24, 2.45) is 0 Å². The van der Waals surface area contributed by atoms with Crippen molar-refractivity contribution in [2.75, 3.05) is 26.2 Å². The quantitative estimate of drug-likeness (QED) is 0.846. The molecule has 0 N–H and O–H groups in total. The summed E-state index contributed by atoms with van der Waals surface area (Å²) in [7, 11) is 0. The second-order valence-electron chi connectivity index (χ2n) is 5.88. The fourth-order valence-electron chi connectivity index (χ4n) is 2.73. The molecule has 0 saturated carbocycles. The summed E-state index contributed by atoms with van der Waals surface area (Å²) in [6.45, 7) is 9.58. The molecular formula is C16H22N2O2. The maximum Gasteiger partial charge on any atom is 0.137 e. The third-order valence-corrected chi connectivity index (χ3v) is 3.31. The highest BCUT2D eigenvalue weighted by Crippen LogP contribution is 2.21. The molecule has 0 amide bonds. The zero-order valence-corrected chi connectivity index (χ0v) is 12.4. The Morgan fingerprint density at radius 2 is 2.20 bits per heavy atom. The van der Waals surface area contributed by atoms with Crippen LogP contribution in [0.4, 0.5) is 0 Å². The van der Waals surface area contributed by atoms with Gasteiger partial charge in [-0.1, -0.05) is 12.1 Å². The van der Waals surface area contributed by atoms with Gasteiger partial charge in [0.25, 0.3) is 0 Å². The maximum absolute atomic E-state index is 9.01. The highest BCUT2D eigenvalue weighted by molar-refractivity contribution is 5.42. The first-order chi connectivity index (χ1) is 9.50. The molecule has 1 atom stereocenters. The minimum atomic E-state index is -0.109. The van der Waals surface area contributed by atoms with Crippen LogP contribution in [0.3, 0.4) is 0 Å². The first-order valence-electron chi connectivity index (χ1n) is 7.02. The smallest absolute Gasteiger partial charge is 0.137 e. The molecule has 0 aliphatic carbocycles. The second kappa shape index (κ2) is 6.25. The summed E-state index contributed by atoms with van der Waals surface area (Å²) in [6, 6.07) is 9.49. The Morgan fingerprint density at radius 1 is 1.45 bits per heavy atom. The Kier molecular flexibility index (Phi) is 4.64. The average molecular weight is 274 g/mol. The number of para-hydroxylation sites is 1. The van der Waals surface area contributed by atoms with Crippen LogP contribution >= 0.6 is 0 Å². The summed E-state index contributed by atoms with van der Waals surface area (Å²) in [5, 5.41) is 9.01. The Morgan fingerprint density at radius 3 is 2.90 bits per heavy atom. The Balaban J connectivity index is 1.85. The lowest BCUT2D eigenvalue weighted by atomic mass is 10.1. The van der Waals surface area contributed by atoms with Gasteiger partial charge in [-0.05, 0) is 32.9 Å². The van der Waals surface area contributed by atoms with E-state index in [0.29, 0.717) is 17.9 Å². The molecule has 1 heterocycles. The summed E-state index contributed by atoms with van der Waals surface area (Å²) in [6.07, 6.45) is 0.241. The molecule has 0 spiro atoms. The summed E-state index contributed by atoms with van der Waals surface area (Å²) < 4.78 is 11.6. The van der Waals surface area contributed by atoms with Crippen molar-refractivity contribution in [3.05, 3.63) is 29.8 Å². The monoisotopic (exact) mass is 274 g/mol. The SMILES string of the molecule is CC1CN(CCOc2ccccc2C#N)CC(C)(C)O1. The van der Waals surface area contributed by atoms with Crippen LogP contribution in [0.25, 0.3) is 0 Å². The topological polar surface area (TPSA) is 45.5 Å². The van der Waals surface area contributed by atoms with Gasteiger partial charge in [-0.15, -0.1) is 0 Å². The molecule has 1 aromatic carbocycles. The van der Waals surface area contributed by atoms with Crippen molar-refractivity contribution < 1.29 is 9.47 Å². The highest BCUT2D eigenvalue weighted by Gasteiger charge is 2.30. The van der Waals surface area contributed by atoms with Gasteiger partial charge in [0.1, 0.15) is 18.4 Å². The van der Waals surface area contributed by atoms with Crippen LogP contribution < -0.4 is 4.74 Å². The number of nitrogens with zero attached hydrogens (tertiary/aromatic N) is 2. The van der Waals surface area contributed by atoms with Crippen LogP contribution in [-0.4, -0.2) is 42.8 Å². The largest absolute Gasteiger partial charge is 0.491 e. The van der Waals surface area contributed by atoms with Gasteiger partial charge < -0.3 is 9.47 Å². The molecule has 4 nitrogen and oxygen atoms in total. The highest BCUT2D eigenvalue weighted by atomic mass is 16.5. The molecule has 1 aromatic rings. The second-order valence-corrected chi connectivity index (χ2v) is 5.88. The average Bonchev–Trinajstić information content (AvgIpc) is 2.37. The predicted octanol–water partition coefficient (Wildman–Crippen LogP) is 2.44. The van der Waals surface area contributed by atoms with Crippen LogP contribution in [0, 0.1) is 11.3 Å². The van der Waals surface area contributed by atoms with Gasteiger partial charge in [-0.3, -0.25) is 4.90 Å². The normalized spacial score (nSPS) is 22.2. The number of ether oxygens (including phenoxy) is 2. The van der Waals surface area contributed by atoms with Crippen LogP contribution in [0.15, 0.2) is 24.3 Å². The summed E-state index contributed by atoms with van der Waals surface area (Å²) in [5.74, 6) is 0.663. The van der Waals surface area contributed by atoms with Crippen molar-refractivity contribution >= 4 is 0 Å². The van der Waals surface area contributed by atoms with Gasteiger partial charge >= 0.3 is 0 Å². The molecule has 1 aliphatic rings. The molecule has 1 aliphatic heterocycles. The molecule has 4 heteroatoms. The number of rotatable bonds is 4. The van der Waals surface area contributed by atoms with E-state index in [1.165, 1.54) is 0 Å². The van der Waals surface area contributed by atoms with Gasteiger partial charge in [0, 0.05) is 19.6 Å². The third kappa shape index (κ3) is 3.96. The van der Waals surface area contributed by atoms with Crippen molar-refractivity contribution in [1.29, 1.82) is 5.26 Å². The number of hydrogen-bond acceptors (Lipinski definition) is 4. The number of morpholine rings is 1. The van der Waals surface area contributed by atoms with E-state index in [1.54, 1.807) is 6.07 Å². The summed E-state index contributed by atoms with van der Waals surface area (Å²) in [5.41, 5.74) is 0.477. The molecule has 0 radical (unpaired) electrons. The number of nitriles is 1. The van der Waals surface area contributed by atoms with E-state index in [0.717, 1.165) is 19.6 Å². The van der Waals surface area contributed by atoms with Crippen molar-refractivity contribution in [3.8, 4) is 11.8 Å². The molecular weight excluding hydrogens is 252 g/mol. The van der Waals surface area contributed by atoms with Crippen molar-refractivity contribution in [2.45, 2.75) is 32.5 Å². The zero-order chi connectivity index (χ0) is 14.6. The van der Waals surface area contributed by atoms with Gasteiger partial charge in [0.05, 0.1) is 17.3 Å². The Labute approximate surface area is 120 Å². The first-order valence-corrected chi connectivity index (χ1v) is 7.02. The van der Waals surface area contributed by atoms with E-state index in [4.69, 9.17) is 14.7 Å². The standard InChI is InChI=1S/C16H22N2O2/c1-13-11-18(12-16(2,3)20-13)8-9-19-15-7-5-4-6-14(15)10-17/h4-7,13H,8-9,11-12H2,1-3H3. The molecule has 0 aromatic heterocycles.